The Morgan fingerprint density at radius 2 is 2.04 bits per heavy atom. The third-order valence-corrected chi connectivity index (χ3v) is 4.92. The Morgan fingerprint density at radius 3 is 2.71 bits per heavy atom. The molecule has 1 aromatic rings. The lowest BCUT2D eigenvalue weighted by molar-refractivity contribution is -0.386. The molecule has 0 radical (unpaired) electrons. The fourth-order valence-electron chi connectivity index (χ4n) is 2.87. The maximum atomic E-state index is 11.4. The van der Waals surface area contributed by atoms with Crippen molar-refractivity contribution in [3.05, 3.63) is 27.8 Å². The van der Waals surface area contributed by atoms with E-state index in [1.165, 1.54) is 6.07 Å². The third-order valence-electron chi connectivity index (χ3n) is 3.93. The van der Waals surface area contributed by atoms with Crippen LogP contribution >= 0.6 is 17.6 Å². The quantitative estimate of drug-likeness (QED) is 0.411. The minimum atomic E-state index is -0.435. The van der Waals surface area contributed by atoms with Crippen LogP contribution in [0.5, 0.6) is 11.5 Å². The summed E-state index contributed by atoms with van der Waals surface area (Å²) in [6.45, 7) is 4.36. The highest BCUT2D eigenvalue weighted by Gasteiger charge is 2.40. The Labute approximate surface area is 143 Å². The van der Waals surface area contributed by atoms with Gasteiger partial charge < -0.3 is 23.3 Å². The molecule has 3 rings (SSSR count). The second-order valence-corrected chi connectivity index (χ2v) is 6.64. The van der Waals surface area contributed by atoms with E-state index < -0.39 is 11.0 Å². The Kier molecular flexibility index (Phi) is 5.85. The zero-order chi connectivity index (χ0) is 17.1. The normalized spacial score (nSPS) is 26.2. The SMILES string of the molecule is CPOC[C@H]1O[C@@H](c2cc3c(cc2[N+](=O)[O-])OCO3)C[C@H]1OPC. The molecule has 1 saturated heterocycles. The summed E-state index contributed by atoms with van der Waals surface area (Å²) in [7, 11) is 0.672. The van der Waals surface area contributed by atoms with Gasteiger partial charge in [-0.3, -0.25) is 10.1 Å². The van der Waals surface area contributed by atoms with E-state index in [1.54, 1.807) is 6.07 Å². The van der Waals surface area contributed by atoms with Crippen molar-refractivity contribution in [2.75, 3.05) is 26.7 Å². The molecule has 132 valence electrons. The van der Waals surface area contributed by atoms with E-state index in [-0.39, 0.29) is 24.7 Å². The van der Waals surface area contributed by atoms with Crippen LogP contribution in [0, 0.1) is 10.1 Å². The molecule has 0 aliphatic carbocycles. The van der Waals surface area contributed by atoms with Gasteiger partial charge in [0.05, 0.1) is 35.4 Å². The van der Waals surface area contributed by atoms with Crippen molar-refractivity contribution in [1.29, 1.82) is 0 Å². The fourth-order valence-corrected chi connectivity index (χ4v) is 3.75. The number of benzene rings is 1. The molecule has 8 nitrogen and oxygen atoms in total. The Bertz CT molecular complexity index is 615. The summed E-state index contributed by atoms with van der Waals surface area (Å²) < 4.78 is 27.8. The number of rotatable bonds is 7. The molecule has 0 amide bonds. The summed E-state index contributed by atoms with van der Waals surface area (Å²) in [6, 6.07) is 3.04. The van der Waals surface area contributed by atoms with Crippen molar-refractivity contribution in [3.63, 3.8) is 0 Å². The molecular weight excluding hydrogens is 356 g/mol. The number of fused-ring (bicyclic) bond motifs is 1. The fraction of sp³-hybridized carbons (Fsp3) is 0.571. The molecule has 2 aliphatic heterocycles. The van der Waals surface area contributed by atoms with Crippen LogP contribution < -0.4 is 9.47 Å². The number of hydrogen-bond donors (Lipinski definition) is 0. The van der Waals surface area contributed by atoms with Crippen molar-refractivity contribution in [2.45, 2.75) is 24.7 Å². The van der Waals surface area contributed by atoms with Gasteiger partial charge in [-0.05, 0) is 19.4 Å². The first-order valence-corrected chi connectivity index (χ1v) is 10.3. The van der Waals surface area contributed by atoms with E-state index in [0.29, 0.717) is 47.7 Å². The molecule has 0 saturated carbocycles. The summed E-state index contributed by atoms with van der Waals surface area (Å²) in [6.07, 6.45) is -0.267. The summed E-state index contributed by atoms with van der Waals surface area (Å²) in [4.78, 5) is 11.0. The van der Waals surface area contributed by atoms with Gasteiger partial charge in [0.25, 0.3) is 5.69 Å². The molecule has 2 heterocycles. The van der Waals surface area contributed by atoms with Gasteiger partial charge >= 0.3 is 0 Å². The maximum Gasteiger partial charge on any atom is 0.279 e. The summed E-state index contributed by atoms with van der Waals surface area (Å²) in [5, 5.41) is 11.4. The molecule has 2 aliphatic rings. The maximum absolute atomic E-state index is 11.4. The van der Waals surface area contributed by atoms with E-state index in [1.807, 2.05) is 13.3 Å². The van der Waals surface area contributed by atoms with Crippen LogP contribution in [0.25, 0.3) is 0 Å². The smallest absolute Gasteiger partial charge is 0.279 e. The molecule has 24 heavy (non-hydrogen) atoms. The Morgan fingerprint density at radius 1 is 1.29 bits per heavy atom. The van der Waals surface area contributed by atoms with Gasteiger partial charge in [0.15, 0.2) is 11.5 Å². The standard InChI is InChI=1S/C14H19NO7P2/c1-23-20-6-14-13(22-24-2)5-10(21-14)8-3-11-12(19-7-18-11)4-9(8)15(16)17/h3-4,10,13-14,23-24H,5-7H2,1-2H3/t10-,13-,14-/m1/s1. The van der Waals surface area contributed by atoms with Gasteiger partial charge in [0.1, 0.15) is 6.10 Å². The van der Waals surface area contributed by atoms with Gasteiger partial charge in [-0.25, -0.2) is 0 Å². The predicted octanol–water partition coefficient (Wildman–Crippen LogP) is 3.00. The van der Waals surface area contributed by atoms with Gasteiger partial charge in [0, 0.05) is 24.0 Å². The lowest BCUT2D eigenvalue weighted by Crippen LogP contribution is -2.26. The van der Waals surface area contributed by atoms with Crippen molar-refractivity contribution < 1.29 is 28.2 Å². The lowest BCUT2D eigenvalue weighted by Gasteiger charge is -2.17. The molecular formula is C14H19NO7P2. The highest BCUT2D eigenvalue weighted by molar-refractivity contribution is 7.31. The van der Waals surface area contributed by atoms with E-state index in [9.17, 15) is 10.1 Å². The number of hydrogen-bond acceptors (Lipinski definition) is 7. The summed E-state index contributed by atoms with van der Waals surface area (Å²) in [5.74, 6) is 0.891. The lowest BCUT2D eigenvalue weighted by atomic mass is 10.0. The average molecular weight is 375 g/mol. The minimum Gasteiger partial charge on any atom is -0.454 e. The van der Waals surface area contributed by atoms with E-state index in [2.05, 4.69) is 0 Å². The van der Waals surface area contributed by atoms with Crippen LogP contribution in [0.1, 0.15) is 18.1 Å². The number of ether oxygens (including phenoxy) is 3. The van der Waals surface area contributed by atoms with Crippen molar-refractivity contribution in [1.82, 2.24) is 0 Å². The van der Waals surface area contributed by atoms with E-state index >= 15 is 0 Å². The van der Waals surface area contributed by atoms with Crippen LogP contribution in [-0.4, -0.2) is 43.9 Å². The average Bonchev–Trinajstić information content (AvgIpc) is 3.18. The largest absolute Gasteiger partial charge is 0.454 e. The van der Waals surface area contributed by atoms with Gasteiger partial charge in [-0.15, -0.1) is 0 Å². The molecule has 0 spiro atoms. The number of nitrogens with zero attached hydrogens (tertiary/aromatic N) is 1. The van der Waals surface area contributed by atoms with Gasteiger partial charge in [-0.2, -0.15) is 0 Å². The molecule has 1 aromatic carbocycles. The monoisotopic (exact) mass is 375 g/mol. The summed E-state index contributed by atoms with van der Waals surface area (Å²) >= 11 is 0. The minimum absolute atomic E-state index is 0.0270. The van der Waals surface area contributed by atoms with Gasteiger partial charge in [-0.1, -0.05) is 0 Å². The number of nitro benzene ring substituents is 1. The van der Waals surface area contributed by atoms with Crippen LogP contribution in [0.15, 0.2) is 12.1 Å². The van der Waals surface area contributed by atoms with Crippen molar-refractivity contribution in [2.24, 2.45) is 0 Å². The highest BCUT2D eigenvalue weighted by atomic mass is 31.1. The summed E-state index contributed by atoms with van der Waals surface area (Å²) in [5.41, 5.74) is 0.458. The third kappa shape index (κ3) is 3.63. The Hall–Kier alpha value is -1.04. The van der Waals surface area contributed by atoms with Crippen LogP contribution in [0.4, 0.5) is 5.69 Å². The van der Waals surface area contributed by atoms with Crippen LogP contribution in [0.3, 0.4) is 0 Å². The van der Waals surface area contributed by atoms with Crippen LogP contribution in [0.2, 0.25) is 0 Å². The molecule has 5 atom stereocenters. The molecule has 10 heteroatoms. The molecule has 1 fully saturated rings. The first kappa shape index (κ1) is 17.8. The second-order valence-electron chi connectivity index (χ2n) is 5.30. The molecule has 0 bridgehead atoms. The topological polar surface area (TPSA) is 89.3 Å². The number of nitro groups is 1. The van der Waals surface area contributed by atoms with Crippen molar-refractivity contribution >= 4 is 23.3 Å². The molecule has 0 aromatic heterocycles. The van der Waals surface area contributed by atoms with E-state index in [0.717, 1.165) is 0 Å². The molecule has 0 N–H and O–H groups in total. The van der Waals surface area contributed by atoms with E-state index in [4.69, 9.17) is 23.3 Å². The highest BCUT2D eigenvalue weighted by Crippen LogP contribution is 2.45. The Balaban J connectivity index is 1.86. The second kappa shape index (κ2) is 7.89. The first-order chi connectivity index (χ1) is 11.6. The van der Waals surface area contributed by atoms with Crippen LogP contribution in [-0.2, 0) is 13.8 Å². The predicted molar refractivity (Wildman–Crippen MR) is 90.8 cm³/mol. The van der Waals surface area contributed by atoms with Crippen molar-refractivity contribution in [3.8, 4) is 11.5 Å². The molecule has 2 unspecified atom stereocenters. The van der Waals surface area contributed by atoms with Gasteiger partial charge in [0.2, 0.25) is 6.79 Å². The zero-order valence-electron chi connectivity index (χ0n) is 13.3. The zero-order valence-corrected chi connectivity index (χ0v) is 15.3. The first-order valence-electron chi connectivity index (χ1n) is 7.48.